The van der Waals surface area contributed by atoms with Gasteiger partial charge in [-0.1, -0.05) is 6.07 Å². The minimum absolute atomic E-state index is 0.0393. The van der Waals surface area contributed by atoms with Crippen molar-refractivity contribution >= 4 is 11.7 Å². The van der Waals surface area contributed by atoms with E-state index in [9.17, 15) is 25.1 Å². The van der Waals surface area contributed by atoms with Crippen molar-refractivity contribution in [2.24, 2.45) is 0 Å². The second-order valence-electron chi connectivity index (χ2n) is 4.41. The smallest absolute Gasteiger partial charge is 0.338 e. The molecular weight excluding hydrogens is 266 g/mol. The molecule has 0 saturated heterocycles. The summed E-state index contributed by atoms with van der Waals surface area (Å²) in [7, 11) is 0. The average molecular weight is 283 g/mol. The van der Waals surface area contributed by atoms with E-state index < -0.39 is 23.1 Å². The van der Waals surface area contributed by atoms with Gasteiger partial charge in [-0.2, -0.15) is 0 Å². The molecule has 2 N–H and O–H groups in total. The average Bonchev–Trinajstić information content (AvgIpc) is 2.36. The number of hydrogen-bond acceptors (Lipinski definition) is 6. The zero-order valence-corrected chi connectivity index (χ0v) is 11.5. The van der Waals surface area contributed by atoms with Crippen LogP contribution < -0.4 is 0 Å². The number of benzene rings is 1. The molecule has 7 heteroatoms. The van der Waals surface area contributed by atoms with Crippen molar-refractivity contribution in [1.82, 2.24) is 0 Å². The summed E-state index contributed by atoms with van der Waals surface area (Å²) in [6.07, 6.45) is -3.58. The van der Waals surface area contributed by atoms with Crippen molar-refractivity contribution in [3.8, 4) is 0 Å². The van der Waals surface area contributed by atoms with E-state index in [2.05, 4.69) is 4.74 Å². The molecule has 1 rings (SSSR count). The van der Waals surface area contributed by atoms with Crippen LogP contribution in [-0.4, -0.2) is 33.8 Å². The van der Waals surface area contributed by atoms with Gasteiger partial charge in [-0.15, -0.1) is 0 Å². The SMILES string of the molecule is CCOC(=O)C(O)C(O)c1c(C)cc(C)cc1[N+](=O)[O-]. The van der Waals surface area contributed by atoms with E-state index in [-0.39, 0.29) is 17.9 Å². The molecule has 0 aliphatic heterocycles. The largest absolute Gasteiger partial charge is 0.464 e. The van der Waals surface area contributed by atoms with Crippen molar-refractivity contribution in [3.63, 3.8) is 0 Å². The van der Waals surface area contributed by atoms with E-state index >= 15 is 0 Å². The first-order valence-corrected chi connectivity index (χ1v) is 6.07. The van der Waals surface area contributed by atoms with Gasteiger partial charge in [0, 0.05) is 6.07 Å². The molecule has 0 saturated carbocycles. The fraction of sp³-hybridized carbons (Fsp3) is 0.462. The predicted molar refractivity (Wildman–Crippen MR) is 70.2 cm³/mol. The van der Waals surface area contributed by atoms with Crippen LogP contribution in [0.3, 0.4) is 0 Å². The maximum absolute atomic E-state index is 11.4. The Bertz CT molecular complexity index is 528. The van der Waals surface area contributed by atoms with Gasteiger partial charge in [-0.25, -0.2) is 4.79 Å². The predicted octanol–water partition coefficient (Wildman–Crippen LogP) is 1.17. The molecule has 7 nitrogen and oxygen atoms in total. The van der Waals surface area contributed by atoms with Gasteiger partial charge < -0.3 is 14.9 Å². The van der Waals surface area contributed by atoms with Gasteiger partial charge in [0.2, 0.25) is 0 Å². The van der Waals surface area contributed by atoms with E-state index in [1.165, 1.54) is 6.07 Å². The molecular formula is C13H17NO6. The number of aryl methyl sites for hydroxylation is 2. The zero-order chi connectivity index (χ0) is 15.4. The molecule has 0 fully saturated rings. The Hall–Kier alpha value is -1.99. The number of nitro groups is 1. The lowest BCUT2D eigenvalue weighted by Gasteiger charge is -2.18. The van der Waals surface area contributed by atoms with Crippen LogP contribution in [0.5, 0.6) is 0 Å². The molecule has 0 heterocycles. The summed E-state index contributed by atoms with van der Waals surface area (Å²) >= 11 is 0. The van der Waals surface area contributed by atoms with E-state index in [1.807, 2.05) is 0 Å². The Morgan fingerprint density at radius 1 is 1.40 bits per heavy atom. The Kier molecular flexibility index (Phi) is 5.18. The van der Waals surface area contributed by atoms with Crippen molar-refractivity contribution in [1.29, 1.82) is 0 Å². The van der Waals surface area contributed by atoms with Crippen LogP contribution in [0.25, 0.3) is 0 Å². The summed E-state index contributed by atoms with van der Waals surface area (Å²) < 4.78 is 4.59. The second-order valence-corrected chi connectivity index (χ2v) is 4.41. The summed E-state index contributed by atoms with van der Waals surface area (Å²) in [6.45, 7) is 4.84. The van der Waals surface area contributed by atoms with Crippen LogP contribution in [-0.2, 0) is 9.53 Å². The summed E-state index contributed by atoms with van der Waals surface area (Å²) in [5.41, 5.74) is 0.655. The molecule has 0 aromatic heterocycles. The number of nitrogens with zero attached hydrogens (tertiary/aromatic N) is 1. The number of carbonyl (C=O) groups is 1. The molecule has 1 aromatic rings. The maximum atomic E-state index is 11.4. The number of esters is 1. The summed E-state index contributed by atoms with van der Waals surface area (Å²) in [6, 6.07) is 2.91. The Labute approximate surface area is 116 Å². The van der Waals surface area contributed by atoms with Gasteiger partial charge in [-0.05, 0) is 31.9 Å². The van der Waals surface area contributed by atoms with Gasteiger partial charge in [0.15, 0.2) is 6.10 Å². The lowest BCUT2D eigenvalue weighted by molar-refractivity contribution is -0.386. The van der Waals surface area contributed by atoms with Crippen molar-refractivity contribution in [3.05, 3.63) is 38.9 Å². The zero-order valence-electron chi connectivity index (χ0n) is 11.5. The summed E-state index contributed by atoms with van der Waals surface area (Å²) in [5, 5.41) is 30.8. The van der Waals surface area contributed by atoms with E-state index in [1.54, 1.807) is 26.8 Å². The Balaban J connectivity index is 3.24. The number of rotatable bonds is 5. The molecule has 0 radical (unpaired) electrons. The van der Waals surface area contributed by atoms with E-state index in [4.69, 9.17) is 0 Å². The van der Waals surface area contributed by atoms with Crippen LogP contribution in [0.2, 0.25) is 0 Å². The van der Waals surface area contributed by atoms with Crippen molar-refractivity contribution in [2.45, 2.75) is 33.0 Å². The molecule has 2 atom stereocenters. The molecule has 0 spiro atoms. The third-order valence-corrected chi connectivity index (χ3v) is 2.83. The highest BCUT2D eigenvalue weighted by Gasteiger charge is 2.33. The highest BCUT2D eigenvalue weighted by atomic mass is 16.6. The van der Waals surface area contributed by atoms with Gasteiger partial charge in [0.05, 0.1) is 17.1 Å². The van der Waals surface area contributed by atoms with Gasteiger partial charge in [-0.3, -0.25) is 10.1 Å². The molecule has 0 aliphatic carbocycles. The highest BCUT2D eigenvalue weighted by molar-refractivity contribution is 5.76. The Morgan fingerprint density at radius 2 is 2.00 bits per heavy atom. The number of carbonyl (C=O) groups excluding carboxylic acids is 1. The minimum Gasteiger partial charge on any atom is -0.464 e. The van der Waals surface area contributed by atoms with Crippen LogP contribution in [0.15, 0.2) is 12.1 Å². The van der Waals surface area contributed by atoms with Crippen LogP contribution in [0.1, 0.15) is 29.7 Å². The molecule has 1 aromatic carbocycles. The molecule has 110 valence electrons. The third kappa shape index (κ3) is 3.31. The lowest BCUT2D eigenvalue weighted by Crippen LogP contribution is -2.30. The standard InChI is InChI=1S/C13H17NO6/c1-4-20-13(17)12(16)11(15)10-8(3)5-7(2)6-9(10)14(18)19/h5-6,11-12,15-16H,4H2,1-3H3. The van der Waals surface area contributed by atoms with Gasteiger partial charge in [0.1, 0.15) is 6.10 Å². The van der Waals surface area contributed by atoms with Crippen LogP contribution in [0, 0.1) is 24.0 Å². The second kappa shape index (κ2) is 6.44. The van der Waals surface area contributed by atoms with E-state index in [0.29, 0.717) is 11.1 Å². The highest BCUT2D eigenvalue weighted by Crippen LogP contribution is 2.32. The number of hydrogen-bond donors (Lipinski definition) is 2. The molecule has 0 aliphatic rings. The fourth-order valence-electron chi connectivity index (χ4n) is 2.01. The van der Waals surface area contributed by atoms with Crippen molar-refractivity contribution < 1.29 is 24.7 Å². The fourth-order valence-corrected chi connectivity index (χ4v) is 2.01. The number of aliphatic hydroxyl groups excluding tert-OH is 2. The van der Waals surface area contributed by atoms with Crippen LogP contribution in [0.4, 0.5) is 5.69 Å². The van der Waals surface area contributed by atoms with Gasteiger partial charge in [0.25, 0.3) is 5.69 Å². The van der Waals surface area contributed by atoms with Gasteiger partial charge >= 0.3 is 5.97 Å². The minimum atomic E-state index is -1.87. The molecule has 0 amide bonds. The first-order chi connectivity index (χ1) is 9.29. The first kappa shape index (κ1) is 16.1. The third-order valence-electron chi connectivity index (χ3n) is 2.83. The van der Waals surface area contributed by atoms with Crippen LogP contribution >= 0.6 is 0 Å². The normalized spacial score (nSPS) is 13.7. The van der Waals surface area contributed by atoms with E-state index in [0.717, 1.165) is 0 Å². The summed E-state index contributed by atoms with van der Waals surface area (Å²) in [5.74, 6) is -1.02. The number of aliphatic hydroxyl groups is 2. The first-order valence-electron chi connectivity index (χ1n) is 6.07. The number of ether oxygens (including phenoxy) is 1. The monoisotopic (exact) mass is 283 g/mol. The molecule has 20 heavy (non-hydrogen) atoms. The van der Waals surface area contributed by atoms with Crippen molar-refractivity contribution in [2.75, 3.05) is 6.61 Å². The number of nitro benzene ring substituents is 1. The topological polar surface area (TPSA) is 110 Å². The molecule has 0 bridgehead atoms. The molecule has 2 unspecified atom stereocenters. The summed E-state index contributed by atoms with van der Waals surface area (Å²) in [4.78, 5) is 21.8. The Morgan fingerprint density at radius 3 is 2.50 bits per heavy atom. The lowest BCUT2D eigenvalue weighted by atomic mass is 9.95. The maximum Gasteiger partial charge on any atom is 0.338 e. The quantitative estimate of drug-likeness (QED) is 0.477.